The minimum atomic E-state index is -4.69. The van der Waals surface area contributed by atoms with Crippen LogP contribution in [0.4, 0.5) is 23.2 Å². The quantitative estimate of drug-likeness (QED) is 0.586. The lowest BCUT2D eigenvalue weighted by atomic mass is 10.1. The van der Waals surface area contributed by atoms with Gasteiger partial charge in [-0.15, -0.1) is 0 Å². The summed E-state index contributed by atoms with van der Waals surface area (Å²) in [5, 5.41) is 8.87. The molecule has 1 atom stereocenters. The molecule has 1 aliphatic rings. The van der Waals surface area contributed by atoms with Crippen molar-refractivity contribution in [1.29, 1.82) is 5.26 Å². The summed E-state index contributed by atoms with van der Waals surface area (Å²) in [6.45, 7) is 1.43. The molecule has 2 aromatic rings. The summed E-state index contributed by atoms with van der Waals surface area (Å²) in [5.74, 6) is -1.67. The minimum Gasteiger partial charge on any atom is -0.480 e. The maximum Gasteiger partial charge on any atom is 0.425 e. The third-order valence-corrected chi connectivity index (χ3v) is 6.47. The number of anilines is 1. The van der Waals surface area contributed by atoms with E-state index in [1.165, 1.54) is 17.0 Å². The summed E-state index contributed by atoms with van der Waals surface area (Å²) in [5.41, 5.74) is 0.117. The van der Waals surface area contributed by atoms with Crippen LogP contribution in [0.2, 0.25) is 0 Å². The van der Waals surface area contributed by atoms with Crippen molar-refractivity contribution in [3.63, 3.8) is 0 Å². The molecule has 1 heterocycles. The molecule has 1 amide bonds. The molecule has 0 aromatic heterocycles. The zero-order valence-electron chi connectivity index (χ0n) is 18.3. The van der Waals surface area contributed by atoms with Crippen molar-refractivity contribution in [2.24, 2.45) is 0 Å². The number of halogens is 4. The second-order valence-electron chi connectivity index (χ2n) is 7.79. The third kappa shape index (κ3) is 5.59. The fraction of sp³-hybridized carbons (Fsp3) is 0.364. The van der Waals surface area contributed by atoms with Gasteiger partial charge in [0.1, 0.15) is 11.6 Å². The molecule has 0 bridgehead atoms. The molecule has 0 unspecified atom stereocenters. The summed E-state index contributed by atoms with van der Waals surface area (Å²) in [7, 11) is -3.74. The van der Waals surface area contributed by atoms with Crippen molar-refractivity contribution in [2.75, 3.05) is 37.3 Å². The number of carbonyl (C=O) groups is 1. The van der Waals surface area contributed by atoms with Gasteiger partial charge >= 0.3 is 6.18 Å². The lowest BCUT2D eigenvalue weighted by Crippen LogP contribution is -2.49. The molecule has 12 heteroatoms. The molecule has 182 valence electrons. The Morgan fingerprint density at radius 1 is 1.12 bits per heavy atom. The number of piperazine rings is 1. The highest BCUT2D eigenvalue weighted by molar-refractivity contribution is 7.90. The van der Waals surface area contributed by atoms with Crippen LogP contribution in [0.3, 0.4) is 0 Å². The van der Waals surface area contributed by atoms with Crippen LogP contribution in [0.25, 0.3) is 0 Å². The third-order valence-electron chi connectivity index (χ3n) is 5.36. The second kappa shape index (κ2) is 9.50. The molecule has 1 fully saturated rings. The molecular weight excluding hydrogens is 478 g/mol. The summed E-state index contributed by atoms with van der Waals surface area (Å²) < 4.78 is 82.2. The van der Waals surface area contributed by atoms with E-state index in [-0.39, 0.29) is 53.6 Å². The van der Waals surface area contributed by atoms with Crippen LogP contribution in [0.15, 0.2) is 41.3 Å². The molecule has 7 nitrogen and oxygen atoms in total. The predicted octanol–water partition coefficient (Wildman–Crippen LogP) is 3.39. The summed E-state index contributed by atoms with van der Waals surface area (Å²) in [4.78, 5) is 15.9. The average molecular weight is 499 g/mol. The Morgan fingerprint density at radius 2 is 1.76 bits per heavy atom. The number of hydrogen-bond acceptors (Lipinski definition) is 6. The highest BCUT2D eigenvalue weighted by atomic mass is 32.2. The van der Waals surface area contributed by atoms with Gasteiger partial charge in [0.2, 0.25) is 0 Å². The van der Waals surface area contributed by atoms with Gasteiger partial charge in [-0.05, 0) is 43.3 Å². The van der Waals surface area contributed by atoms with Gasteiger partial charge in [0.15, 0.2) is 15.9 Å². The van der Waals surface area contributed by atoms with Crippen LogP contribution >= 0.6 is 0 Å². The van der Waals surface area contributed by atoms with E-state index in [4.69, 9.17) is 10.00 Å². The highest BCUT2D eigenvalue weighted by Crippen LogP contribution is 2.30. The molecule has 0 N–H and O–H groups in total. The maximum atomic E-state index is 14.3. The Morgan fingerprint density at radius 3 is 2.29 bits per heavy atom. The van der Waals surface area contributed by atoms with Gasteiger partial charge in [-0.1, -0.05) is 0 Å². The predicted molar refractivity (Wildman–Crippen MR) is 115 cm³/mol. The molecular formula is C22H21F4N3O4S. The number of alkyl halides is 3. The van der Waals surface area contributed by atoms with Gasteiger partial charge in [-0.2, -0.15) is 18.4 Å². The number of nitriles is 1. The zero-order valence-corrected chi connectivity index (χ0v) is 19.1. The highest BCUT2D eigenvalue weighted by Gasteiger charge is 2.39. The van der Waals surface area contributed by atoms with E-state index in [0.29, 0.717) is 0 Å². The molecule has 3 rings (SSSR count). The number of rotatable bonds is 5. The molecule has 34 heavy (non-hydrogen) atoms. The zero-order chi connectivity index (χ0) is 25.3. The Hall–Kier alpha value is -3.33. The van der Waals surface area contributed by atoms with Gasteiger partial charge in [-0.3, -0.25) is 4.79 Å². The molecule has 2 aromatic carbocycles. The first kappa shape index (κ1) is 25.3. The fourth-order valence-corrected chi connectivity index (χ4v) is 4.07. The molecule has 0 radical (unpaired) electrons. The van der Waals surface area contributed by atoms with Crippen LogP contribution in [0.5, 0.6) is 5.75 Å². The Bertz CT molecular complexity index is 1230. The van der Waals surface area contributed by atoms with E-state index in [9.17, 15) is 30.8 Å². The molecule has 0 saturated carbocycles. The Balaban J connectivity index is 1.84. The number of hydrogen-bond donors (Lipinski definition) is 0. The van der Waals surface area contributed by atoms with Crippen molar-refractivity contribution in [1.82, 2.24) is 4.90 Å². The first-order chi connectivity index (χ1) is 15.8. The summed E-state index contributed by atoms with van der Waals surface area (Å²) in [6, 6.07) is 9.00. The van der Waals surface area contributed by atoms with Crippen LogP contribution < -0.4 is 9.64 Å². The molecule has 0 spiro atoms. The van der Waals surface area contributed by atoms with Gasteiger partial charge in [0.05, 0.1) is 27.8 Å². The van der Waals surface area contributed by atoms with Crippen molar-refractivity contribution < 1.29 is 35.5 Å². The topological polar surface area (TPSA) is 90.7 Å². The van der Waals surface area contributed by atoms with E-state index in [2.05, 4.69) is 0 Å². The van der Waals surface area contributed by atoms with Crippen LogP contribution in [-0.2, 0) is 9.84 Å². The number of amides is 1. The van der Waals surface area contributed by atoms with Crippen LogP contribution in [-0.4, -0.2) is 63.9 Å². The minimum absolute atomic E-state index is 0.107. The Kier molecular flexibility index (Phi) is 7.07. The van der Waals surface area contributed by atoms with Crippen molar-refractivity contribution in [3.05, 3.63) is 53.3 Å². The van der Waals surface area contributed by atoms with Crippen LogP contribution in [0.1, 0.15) is 22.8 Å². The molecule has 1 saturated heterocycles. The van der Waals surface area contributed by atoms with E-state index in [1.54, 1.807) is 4.90 Å². The normalized spacial score (nSPS) is 15.6. The van der Waals surface area contributed by atoms with Crippen molar-refractivity contribution in [3.8, 4) is 11.8 Å². The largest absolute Gasteiger partial charge is 0.480 e. The SMILES string of the molecule is C[C@@H](Oc1ccc(S(C)(=O)=O)cc1C(=O)N1CCN(c2ccc(C#N)cc2F)CC1)C(F)(F)F. The number of nitrogens with zero attached hydrogens (tertiary/aromatic N) is 3. The smallest absolute Gasteiger partial charge is 0.425 e. The Labute approximate surface area is 194 Å². The van der Waals surface area contributed by atoms with E-state index in [0.717, 1.165) is 37.4 Å². The van der Waals surface area contributed by atoms with Gasteiger partial charge in [-0.25, -0.2) is 12.8 Å². The van der Waals surface area contributed by atoms with Crippen LogP contribution in [0, 0.1) is 17.1 Å². The fourth-order valence-electron chi connectivity index (χ4n) is 3.42. The lowest BCUT2D eigenvalue weighted by molar-refractivity contribution is -0.189. The van der Waals surface area contributed by atoms with Crippen molar-refractivity contribution in [2.45, 2.75) is 24.1 Å². The number of ether oxygens (including phenoxy) is 1. The molecule has 0 aliphatic carbocycles. The second-order valence-corrected chi connectivity index (χ2v) is 9.80. The summed E-state index contributed by atoms with van der Waals surface area (Å²) in [6.07, 6.45) is -5.99. The molecule has 1 aliphatic heterocycles. The first-order valence-electron chi connectivity index (χ1n) is 10.1. The lowest BCUT2D eigenvalue weighted by Gasteiger charge is -2.36. The van der Waals surface area contributed by atoms with Crippen molar-refractivity contribution >= 4 is 21.4 Å². The van der Waals surface area contributed by atoms with E-state index in [1.807, 2.05) is 6.07 Å². The van der Waals surface area contributed by atoms with Gasteiger partial charge < -0.3 is 14.5 Å². The van der Waals surface area contributed by atoms with Gasteiger partial charge in [0.25, 0.3) is 5.91 Å². The average Bonchev–Trinajstić information content (AvgIpc) is 2.77. The maximum absolute atomic E-state index is 14.3. The first-order valence-corrected chi connectivity index (χ1v) is 12.0. The summed E-state index contributed by atoms with van der Waals surface area (Å²) >= 11 is 0. The number of carbonyl (C=O) groups excluding carboxylic acids is 1. The number of benzene rings is 2. The standard InChI is InChI=1S/C22H21F4N3O4S/c1-14(22(24,25)26)33-20-6-4-16(34(2,31)32)12-17(20)21(30)29-9-7-28(8-10-29)19-5-3-15(13-27)11-18(19)23/h3-6,11-12,14H,7-10H2,1-2H3/t14-/m1/s1. The monoisotopic (exact) mass is 499 g/mol. The van der Waals surface area contributed by atoms with E-state index < -0.39 is 33.8 Å². The van der Waals surface area contributed by atoms with Gasteiger partial charge in [0, 0.05) is 32.4 Å². The van der Waals surface area contributed by atoms with E-state index >= 15 is 0 Å². The number of sulfone groups is 1.